The van der Waals surface area contributed by atoms with E-state index in [9.17, 15) is 14.4 Å². The minimum Gasteiger partial charge on any atom is -0.480 e. The number of carbonyl (C=O) groups excluding carboxylic acids is 2. The van der Waals surface area contributed by atoms with Gasteiger partial charge in [0.1, 0.15) is 6.54 Å². The molecule has 3 N–H and O–H groups in total. The Kier molecular flexibility index (Phi) is 3.79. The van der Waals surface area contributed by atoms with Gasteiger partial charge in [-0.15, -0.1) is 0 Å². The van der Waals surface area contributed by atoms with E-state index in [1.807, 2.05) is 0 Å². The van der Waals surface area contributed by atoms with Crippen molar-refractivity contribution in [1.82, 2.24) is 5.32 Å². The Bertz CT molecular complexity index is 527. The molecule has 1 aliphatic rings. The molecule has 0 aliphatic carbocycles. The molecule has 1 aliphatic heterocycles. The van der Waals surface area contributed by atoms with Gasteiger partial charge in [0.15, 0.2) is 0 Å². The first-order valence-electron chi connectivity index (χ1n) is 5.95. The van der Waals surface area contributed by atoms with Crippen LogP contribution in [0.1, 0.15) is 24.3 Å². The number of carbonyl (C=O) groups is 3. The Morgan fingerprint density at radius 1 is 1.42 bits per heavy atom. The number of anilines is 1. The largest absolute Gasteiger partial charge is 0.480 e. The number of hydrogen-bond donors (Lipinski definition) is 3. The molecule has 1 atom stereocenters. The van der Waals surface area contributed by atoms with E-state index in [2.05, 4.69) is 10.6 Å². The second kappa shape index (κ2) is 5.51. The van der Waals surface area contributed by atoms with E-state index in [4.69, 9.17) is 5.11 Å². The lowest BCUT2D eigenvalue weighted by Crippen LogP contribution is -2.39. The summed E-state index contributed by atoms with van der Waals surface area (Å²) in [5.74, 6) is -1.86. The monoisotopic (exact) mass is 262 g/mol. The van der Waals surface area contributed by atoms with Gasteiger partial charge in [-0.3, -0.25) is 19.7 Å². The molecule has 0 radical (unpaired) electrons. The maximum Gasteiger partial charge on any atom is 0.322 e. The van der Waals surface area contributed by atoms with Gasteiger partial charge in [0, 0.05) is 12.1 Å². The highest BCUT2D eigenvalue weighted by atomic mass is 16.4. The van der Waals surface area contributed by atoms with Crippen LogP contribution >= 0.6 is 0 Å². The van der Waals surface area contributed by atoms with Gasteiger partial charge >= 0.3 is 5.97 Å². The Labute approximate surface area is 109 Å². The Morgan fingerprint density at radius 3 is 2.89 bits per heavy atom. The predicted molar refractivity (Wildman–Crippen MR) is 67.7 cm³/mol. The van der Waals surface area contributed by atoms with E-state index < -0.39 is 5.97 Å². The van der Waals surface area contributed by atoms with E-state index in [0.29, 0.717) is 18.5 Å². The minimum absolute atomic E-state index is 0.182. The SMILES string of the molecule is O=C(O)CNc1cccc(C2CCC(=O)NC2=O)c1. The van der Waals surface area contributed by atoms with Gasteiger partial charge in [0.2, 0.25) is 11.8 Å². The summed E-state index contributed by atoms with van der Waals surface area (Å²) >= 11 is 0. The number of hydrogen-bond acceptors (Lipinski definition) is 4. The van der Waals surface area contributed by atoms with Gasteiger partial charge in [-0.1, -0.05) is 12.1 Å². The van der Waals surface area contributed by atoms with Crippen LogP contribution in [0.15, 0.2) is 24.3 Å². The van der Waals surface area contributed by atoms with Crippen molar-refractivity contribution in [1.29, 1.82) is 0 Å². The first kappa shape index (κ1) is 13.1. The van der Waals surface area contributed by atoms with Crippen molar-refractivity contribution in [3.63, 3.8) is 0 Å². The summed E-state index contributed by atoms with van der Waals surface area (Å²) in [5, 5.41) is 13.7. The van der Waals surface area contributed by atoms with Crippen LogP contribution in [-0.4, -0.2) is 29.4 Å². The fraction of sp³-hybridized carbons (Fsp3) is 0.308. The quantitative estimate of drug-likeness (QED) is 0.694. The lowest BCUT2D eigenvalue weighted by atomic mass is 9.90. The zero-order valence-electron chi connectivity index (χ0n) is 10.2. The number of amides is 2. The van der Waals surface area contributed by atoms with E-state index in [1.165, 1.54) is 0 Å². The van der Waals surface area contributed by atoms with Crippen LogP contribution in [0.4, 0.5) is 5.69 Å². The topological polar surface area (TPSA) is 95.5 Å². The van der Waals surface area contributed by atoms with Crippen LogP contribution in [0.5, 0.6) is 0 Å². The zero-order valence-corrected chi connectivity index (χ0v) is 10.2. The van der Waals surface area contributed by atoms with Crippen molar-refractivity contribution in [2.75, 3.05) is 11.9 Å². The summed E-state index contributed by atoms with van der Waals surface area (Å²) < 4.78 is 0. The average molecular weight is 262 g/mol. The van der Waals surface area contributed by atoms with E-state index in [0.717, 1.165) is 5.56 Å². The molecular weight excluding hydrogens is 248 g/mol. The number of benzene rings is 1. The Balaban J connectivity index is 2.12. The summed E-state index contributed by atoms with van der Waals surface area (Å²) in [4.78, 5) is 33.3. The molecule has 0 saturated carbocycles. The fourth-order valence-electron chi connectivity index (χ4n) is 2.05. The summed E-state index contributed by atoms with van der Waals surface area (Å²) in [7, 11) is 0. The second-order valence-electron chi connectivity index (χ2n) is 4.38. The molecule has 1 unspecified atom stereocenters. The smallest absolute Gasteiger partial charge is 0.322 e. The maximum atomic E-state index is 11.7. The normalized spacial score (nSPS) is 18.8. The second-order valence-corrected chi connectivity index (χ2v) is 4.38. The molecule has 6 nitrogen and oxygen atoms in total. The maximum absolute atomic E-state index is 11.7. The molecule has 2 amide bonds. The van der Waals surface area contributed by atoms with E-state index in [1.54, 1.807) is 24.3 Å². The van der Waals surface area contributed by atoms with Crippen molar-refractivity contribution in [3.05, 3.63) is 29.8 Å². The highest BCUT2D eigenvalue weighted by Gasteiger charge is 2.27. The molecule has 1 heterocycles. The third-order valence-corrected chi connectivity index (χ3v) is 2.97. The van der Waals surface area contributed by atoms with Gasteiger partial charge in [-0.05, 0) is 24.1 Å². The number of imide groups is 1. The van der Waals surface area contributed by atoms with Crippen molar-refractivity contribution in [2.24, 2.45) is 0 Å². The van der Waals surface area contributed by atoms with Gasteiger partial charge in [-0.2, -0.15) is 0 Å². The first-order chi connectivity index (χ1) is 9.06. The molecule has 1 saturated heterocycles. The van der Waals surface area contributed by atoms with Crippen LogP contribution in [0.25, 0.3) is 0 Å². The summed E-state index contributed by atoms with van der Waals surface area (Å²) in [6.07, 6.45) is 0.802. The first-order valence-corrected chi connectivity index (χ1v) is 5.95. The zero-order chi connectivity index (χ0) is 13.8. The lowest BCUT2D eigenvalue weighted by Gasteiger charge is -2.21. The fourth-order valence-corrected chi connectivity index (χ4v) is 2.05. The van der Waals surface area contributed by atoms with Gasteiger partial charge in [-0.25, -0.2) is 0 Å². The number of piperidine rings is 1. The molecule has 6 heteroatoms. The number of aliphatic carboxylic acids is 1. The summed E-state index contributed by atoms with van der Waals surface area (Å²) in [6, 6.07) is 7.02. The molecule has 1 aromatic rings. The minimum atomic E-state index is -0.952. The number of carboxylic acid groups (broad SMARTS) is 1. The van der Waals surface area contributed by atoms with Gasteiger partial charge < -0.3 is 10.4 Å². The van der Waals surface area contributed by atoms with Crippen molar-refractivity contribution >= 4 is 23.5 Å². The standard InChI is InChI=1S/C13H14N2O4/c16-11-5-4-10(13(19)15-11)8-2-1-3-9(6-8)14-7-12(17)18/h1-3,6,10,14H,4-5,7H2,(H,17,18)(H,15,16,19). The Hall–Kier alpha value is -2.37. The molecule has 2 rings (SSSR count). The van der Waals surface area contributed by atoms with Crippen LogP contribution in [0.3, 0.4) is 0 Å². The van der Waals surface area contributed by atoms with E-state index in [-0.39, 0.29) is 24.3 Å². The molecule has 100 valence electrons. The predicted octanol–water partition coefficient (Wildman–Crippen LogP) is 0.703. The van der Waals surface area contributed by atoms with Crippen LogP contribution in [0, 0.1) is 0 Å². The number of carboxylic acids is 1. The molecule has 0 spiro atoms. The average Bonchev–Trinajstić information content (AvgIpc) is 2.36. The molecular formula is C13H14N2O4. The summed E-state index contributed by atoms with van der Waals surface area (Å²) in [5.41, 5.74) is 1.42. The molecule has 1 fully saturated rings. The van der Waals surface area contributed by atoms with Crippen LogP contribution in [-0.2, 0) is 14.4 Å². The lowest BCUT2D eigenvalue weighted by molar-refractivity contribution is -0.136. The van der Waals surface area contributed by atoms with Crippen molar-refractivity contribution < 1.29 is 19.5 Å². The number of rotatable bonds is 4. The van der Waals surface area contributed by atoms with Gasteiger partial charge in [0.25, 0.3) is 0 Å². The third-order valence-electron chi connectivity index (χ3n) is 2.97. The molecule has 19 heavy (non-hydrogen) atoms. The van der Waals surface area contributed by atoms with Crippen LogP contribution in [0.2, 0.25) is 0 Å². The Morgan fingerprint density at radius 2 is 2.21 bits per heavy atom. The van der Waals surface area contributed by atoms with E-state index >= 15 is 0 Å². The third kappa shape index (κ3) is 3.31. The van der Waals surface area contributed by atoms with Crippen molar-refractivity contribution in [2.45, 2.75) is 18.8 Å². The van der Waals surface area contributed by atoms with Crippen molar-refractivity contribution in [3.8, 4) is 0 Å². The highest BCUT2D eigenvalue weighted by Crippen LogP contribution is 2.26. The summed E-state index contributed by atoms with van der Waals surface area (Å²) in [6.45, 7) is -0.182. The van der Waals surface area contributed by atoms with Gasteiger partial charge in [0.05, 0.1) is 5.92 Å². The number of nitrogens with one attached hydrogen (secondary N) is 2. The molecule has 0 aromatic heterocycles. The van der Waals surface area contributed by atoms with Crippen LogP contribution < -0.4 is 10.6 Å². The molecule has 0 bridgehead atoms. The molecule has 1 aromatic carbocycles. The highest BCUT2D eigenvalue weighted by molar-refractivity contribution is 6.01.